The van der Waals surface area contributed by atoms with Crippen molar-refractivity contribution in [2.24, 2.45) is 5.92 Å². The van der Waals surface area contributed by atoms with E-state index in [2.05, 4.69) is 51.8 Å². The molecular weight excluding hydrogens is 530 g/mol. The maximum absolute atomic E-state index is 9.78. The van der Waals surface area contributed by atoms with Gasteiger partial charge in [-0.1, -0.05) is 13.8 Å². The van der Waals surface area contributed by atoms with Crippen molar-refractivity contribution in [1.29, 1.82) is 5.26 Å². The molecule has 222 valence electrons. The van der Waals surface area contributed by atoms with Gasteiger partial charge in [0.1, 0.15) is 24.2 Å². The van der Waals surface area contributed by atoms with Crippen molar-refractivity contribution < 1.29 is 14.2 Å². The van der Waals surface area contributed by atoms with E-state index < -0.39 is 0 Å². The molecule has 0 radical (unpaired) electrons. The minimum absolute atomic E-state index is 0.112. The molecule has 0 aromatic carbocycles. The number of rotatable bonds is 10. The van der Waals surface area contributed by atoms with Gasteiger partial charge in [0.25, 0.3) is 0 Å². The van der Waals surface area contributed by atoms with Gasteiger partial charge in [-0.25, -0.2) is 9.50 Å². The summed E-state index contributed by atoms with van der Waals surface area (Å²) in [6, 6.07) is 9.63. The largest absolute Gasteiger partial charge is 0.491 e. The van der Waals surface area contributed by atoms with E-state index >= 15 is 0 Å². The van der Waals surface area contributed by atoms with Crippen molar-refractivity contribution in [3.8, 4) is 22.9 Å². The Morgan fingerprint density at radius 3 is 2.71 bits per heavy atom. The van der Waals surface area contributed by atoms with Crippen LogP contribution in [0.2, 0.25) is 0 Å². The van der Waals surface area contributed by atoms with Crippen molar-refractivity contribution in [2.75, 3.05) is 64.5 Å². The number of ether oxygens (including phenoxy) is 3. The molecule has 8 rings (SSSR count). The molecule has 3 aromatic heterocycles. The lowest BCUT2D eigenvalue weighted by atomic mass is 9.86. The van der Waals surface area contributed by atoms with E-state index in [0.29, 0.717) is 30.2 Å². The lowest BCUT2D eigenvalue weighted by Crippen LogP contribution is -2.70. The van der Waals surface area contributed by atoms with E-state index in [1.807, 2.05) is 25.6 Å². The zero-order chi connectivity index (χ0) is 28.8. The van der Waals surface area contributed by atoms with Gasteiger partial charge in [0.15, 0.2) is 0 Å². The topological polar surface area (TPSA) is 91.4 Å². The van der Waals surface area contributed by atoms with Crippen molar-refractivity contribution in [2.45, 2.75) is 56.9 Å². The van der Waals surface area contributed by atoms with Crippen LogP contribution in [0.15, 0.2) is 36.8 Å². The number of methoxy groups -OCH3 is 1. The summed E-state index contributed by atoms with van der Waals surface area (Å²) in [6.07, 6.45) is 9.26. The summed E-state index contributed by atoms with van der Waals surface area (Å²) >= 11 is 0. The number of fused-ring (bicyclic) bond motifs is 3. The number of piperidine rings is 1. The van der Waals surface area contributed by atoms with E-state index in [9.17, 15) is 5.26 Å². The standard InChI is InChI=1S/C32H41N7O3/c1-22(2)29(40-3)20-38-25-12-26(38)18-37(17-25)30-5-4-23(15-34-30)28-13-27(19-39-31(28)24(14-33)16-35-39)41-10-8-36-9-11-42-32(21-36)6-7-32/h4-5,13,15-16,19,22,25-26,29H,6-12,17-18,20-21H2,1-3H3. The molecule has 1 saturated carbocycles. The van der Waals surface area contributed by atoms with Gasteiger partial charge >= 0.3 is 0 Å². The predicted molar refractivity (Wildman–Crippen MR) is 160 cm³/mol. The molecule has 3 aromatic rings. The monoisotopic (exact) mass is 571 g/mol. The Bertz CT molecular complexity index is 1450. The molecule has 0 amide bonds. The van der Waals surface area contributed by atoms with Crippen molar-refractivity contribution in [3.63, 3.8) is 0 Å². The predicted octanol–water partition coefficient (Wildman–Crippen LogP) is 3.45. The molecule has 4 saturated heterocycles. The number of anilines is 1. The number of aromatic nitrogens is 3. The molecule has 3 atom stereocenters. The highest BCUT2D eigenvalue weighted by Crippen LogP contribution is 2.42. The first kappa shape index (κ1) is 27.6. The van der Waals surface area contributed by atoms with Gasteiger partial charge < -0.3 is 19.1 Å². The van der Waals surface area contributed by atoms with Gasteiger partial charge in [-0.05, 0) is 43.4 Å². The fourth-order valence-corrected chi connectivity index (χ4v) is 7.00. The first-order valence-corrected chi connectivity index (χ1v) is 15.4. The average Bonchev–Trinajstić information content (AvgIpc) is 3.61. The summed E-state index contributed by atoms with van der Waals surface area (Å²) in [6.45, 7) is 11.6. The zero-order valence-electron chi connectivity index (χ0n) is 24.9. The van der Waals surface area contributed by atoms with Gasteiger partial charge in [0, 0.05) is 75.8 Å². The number of morpholine rings is 1. The Morgan fingerprint density at radius 1 is 1.19 bits per heavy atom. The van der Waals surface area contributed by atoms with Gasteiger partial charge in [-0.3, -0.25) is 9.80 Å². The fraction of sp³-hybridized carbons (Fsp3) is 0.594. The molecule has 7 heterocycles. The van der Waals surface area contributed by atoms with Crippen LogP contribution < -0.4 is 9.64 Å². The number of pyridine rings is 2. The molecule has 2 bridgehead atoms. The van der Waals surface area contributed by atoms with Crippen molar-refractivity contribution in [3.05, 3.63) is 42.4 Å². The molecule has 10 nitrogen and oxygen atoms in total. The normalized spacial score (nSPS) is 24.1. The van der Waals surface area contributed by atoms with Gasteiger partial charge in [0.2, 0.25) is 0 Å². The zero-order valence-corrected chi connectivity index (χ0v) is 24.9. The first-order valence-electron chi connectivity index (χ1n) is 15.4. The number of hydrogen-bond donors (Lipinski definition) is 0. The maximum atomic E-state index is 9.78. The lowest BCUT2D eigenvalue weighted by molar-refractivity contribution is -0.0555. The molecule has 0 N–H and O–H groups in total. The highest BCUT2D eigenvalue weighted by Gasteiger charge is 2.47. The minimum Gasteiger partial charge on any atom is -0.491 e. The fourth-order valence-electron chi connectivity index (χ4n) is 7.00. The molecular formula is C32H41N7O3. The number of nitriles is 1. The van der Waals surface area contributed by atoms with Gasteiger partial charge in [-0.2, -0.15) is 10.4 Å². The second-order valence-electron chi connectivity index (χ2n) is 12.8. The van der Waals surface area contributed by atoms with Crippen LogP contribution in [0.25, 0.3) is 16.6 Å². The molecule has 1 aliphatic carbocycles. The summed E-state index contributed by atoms with van der Waals surface area (Å²) in [4.78, 5) is 12.4. The number of piperazine rings is 1. The third kappa shape index (κ3) is 5.24. The van der Waals surface area contributed by atoms with E-state index in [1.54, 1.807) is 10.7 Å². The highest BCUT2D eigenvalue weighted by atomic mass is 16.5. The summed E-state index contributed by atoms with van der Waals surface area (Å²) in [5, 5.41) is 14.2. The van der Waals surface area contributed by atoms with Crippen LogP contribution in [-0.4, -0.2) is 108 Å². The first-order chi connectivity index (χ1) is 20.4. The minimum atomic E-state index is 0.112. The van der Waals surface area contributed by atoms with Gasteiger partial charge in [0.05, 0.1) is 41.8 Å². The van der Waals surface area contributed by atoms with E-state index in [0.717, 1.165) is 74.1 Å². The number of nitrogens with zero attached hydrogens (tertiary/aromatic N) is 7. The molecule has 10 heteroatoms. The maximum Gasteiger partial charge on any atom is 0.138 e. The smallest absolute Gasteiger partial charge is 0.138 e. The summed E-state index contributed by atoms with van der Waals surface area (Å²) in [7, 11) is 1.82. The summed E-state index contributed by atoms with van der Waals surface area (Å²) in [5.74, 6) is 2.24. The van der Waals surface area contributed by atoms with Crippen molar-refractivity contribution >= 4 is 11.3 Å². The van der Waals surface area contributed by atoms with Crippen molar-refractivity contribution in [1.82, 2.24) is 24.4 Å². The van der Waals surface area contributed by atoms with E-state index in [4.69, 9.17) is 19.2 Å². The second-order valence-corrected chi connectivity index (χ2v) is 12.8. The van der Waals surface area contributed by atoms with Crippen LogP contribution in [0.5, 0.6) is 5.75 Å². The summed E-state index contributed by atoms with van der Waals surface area (Å²) in [5.41, 5.74) is 3.27. The Balaban J connectivity index is 1.05. The SMILES string of the molecule is COC(CN1C2CC1CN(c1ccc(-c3cc(OCCN4CCOC5(CC5)C4)cn4ncc(C#N)c34)cn1)C2)C(C)C. The van der Waals surface area contributed by atoms with Crippen LogP contribution in [0.1, 0.15) is 38.7 Å². The third-order valence-corrected chi connectivity index (χ3v) is 9.68. The Labute approximate surface area is 247 Å². The van der Waals surface area contributed by atoms with Crippen LogP contribution in [0.4, 0.5) is 5.82 Å². The molecule has 5 aliphatic rings. The molecule has 5 fully saturated rings. The van der Waals surface area contributed by atoms with E-state index in [1.165, 1.54) is 19.3 Å². The molecule has 42 heavy (non-hydrogen) atoms. The van der Waals surface area contributed by atoms with Gasteiger partial charge in [-0.15, -0.1) is 0 Å². The third-order valence-electron chi connectivity index (χ3n) is 9.68. The molecule has 3 unspecified atom stereocenters. The van der Waals surface area contributed by atoms with Crippen LogP contribution in [-0.2, 0) is 9.47 Å². The number of hydrogen-bond acceptors (Lipinski definition) is 9. The highest BCUT2D eigenvalue weighted by molar-refractivity contribution is 5.85. The quantitative estimate of drug-likeness (QED) is 0.363. The summed E-state index contributed by atoms with van der Waals surface area (Å²) < 4.78 is 19.7. The van der Waals surface area contributed by atoms with Crippen LogP contribution in [0, 0.1) is 17.2 Å². The second kappa shape index (κ2) is 11.1. The van der Waals surface area contributed by atoms with Crippen LogP contribution in [0.3, 0.4) is 0 Å². The lowest BCUT2D eigenvalue weighted by Gasteiger charge is -2.57. The van der Waals surface area contributed by atoms with Crippen LogP contribution >= 0.6 is 0 Å². The molecule has 4 aliphatic heterocycles. The Morgan fingerprint density at radius 2 is 2.02 bits per heavy atom. The molecule has 1 spiro atoms. The van der Waals surface area contributed by atoms with E-state index in [-0.39, 0.29) is 11.7 Å². The Kier molecular flexibility index (Phi) is 7.31. The Hall–Kier alpha value is -3.23. The average molecular weight is 572 g/mol.